The Morgan fingerprint density at radius 3 is 2.31 bits per heavy atom. The first-order valence-corrected chi connectivity index (χ1v) is 9.37. The number of fused-ring (bicyclic) bond motifs is 1. The standard InChI is InChI=1S/C19H17NO4.C2H6O.C2H6/c1-12-5-3-4-6-14(12)16-10-19(22)24-17-9-13(7-8-15(16)17)23-11-18(21)20-2;1-3-2;1-2/h3-10H,11H2,1-2H3,(H,20,21);1-2H3;1-2H3. The van der Waals surface area contributed by atoms with Crippen LogP contribution in [0.15, 0.2) is 57.7 Å². The van der Waals surface area contributed by atoms with Crippen LogP contribution in [0.3, 0.4) is 0 Å². The number of carbonyl (C=O) groups is 1. The molecule has 0 aliphatic carbocycles. The molecule has 0 bridgehead atoms. The van der Waals surface area contributed by atoms with E-state index in [1.165, 1.54) is 6.07 Å². The average molecular weight is 399 g/mol. The molecule has 2 aromatic carbocycles. The van der Waals surface area contributed by atoms with Gasteiger partial charge in [0.2, 0.25) is 0 Å². The van der Waals surface area contributed by atoms with E-state index in [9.17, 15) is 9.59 Å². The van der Waals surface area contributed by atoms with E-state index in [0.717, 1.165) is 22.1 Å². The highest BCUT2D eigenvalue weighted by Gasteiger charge is 2.11. The minimum atomic E-state index is -0.427. The number of ether oxygens (including phenoxy) is 2. The lowest BCUT2D eigenvalue weighted by molar-refractivity contribution is -0.122. The van der Waals surface area contributed by atoms with Crippen molar-refractivity contribution in [2.75, 3.05) is 27.9 Å². The van der Waals surface area contributed by atoms with E-state index in [4.69, 9.17) is 9.15 Å². The molecule has 1 N–H and O–H groups in total. The maximum absolute atomic E-state index is 11.9. The number of hydrogen-bond donors (Lipinski definition) is 1. The summed E-state index contributed by atoms with van der Waals surface area (Å²) in [7, 11) is 4.79. The topological polar surface area (TPSA) is 77.8 Å². The van der Waals surface area contributed by atoms with Crippen LogP contribution in [0, 0.1) is 6.92 Å². The van der Waals surface area contributed by atoms with E-state index >= 15 is 0 Å². The first-order valence-electron chi connectivity index (χ1n) is 9.37. The van der Waals surface area contributed by atoms with E-state index in [1.807, 2.05) is 51.1 Å². The van der Waals surface area contributed by atoms with Crippen molar-refractivity contribution in [1.82, 2.24) is 5.32 Å². The van der Waals surface area contributed by atoms with Gasteiger partial charge in [-0.1, -0.05) is 38.1 Å². The summed E-state index contributed by atoms with van der Waals surface area (Å²) in [5.74, 6) is 0.237. The molecule has 0 aliphatic heterocycles. The molecule has 29 heavy (non-hydrogen) atoms. The summed E-state index contributed by atoms with van der Waals surface area (Å²) < 4.78 is 15.0. The maximum atomic E-state index is 11.9. The first-order chi connectivity index (χ1) is 14.0. The zero-order valence-corrected chi connectivity index (χ0v) is 17.9. The monoisotopic (exact) mass is 399 g/mol. The van der Waals surface area contributed by atoms with Crippen molar-refractivity contribution >= 4 is 16.9 Å². The Morgan fingerprint density at radius 1 is 1.03 bits per heavy atom. The predicted octanol–water partition coefficient (Wildman–Crippen LogP) is 4.18. The fourth-order valence-electron chi connectivity index (χ4n) is 2.55. The highest BCUT2D eigenvalue weighted by molar-refractivity contribution is 5.94. The Bertz CT molecular complexity index is 978. The maximum Gasteiger partial charge on any atom is 0.336 e. The molecular weight excluding hydrogens is 370 g/mol. The van der Waals surface area contributed by atoms with E-state index in [2.05, 4.69) is 10.1 Å². The van der Waals surface area contributed by atoms with Crippen molar-refractivity contribution in [2.24, 2.45) is 0 Å². The Balaban J connectivity index is 0.000000771. The highest BCUT2D eigenvalue weighted by atomic mass is 16.5. The lowest BCUT2D eigenvalue weighted by atomic mass is 9.98. The molecule has 0 radical (unpaired) electrons. The van der Waals surface area contributed by atoms with Gasteiger partial charge in [-0.15, -0.1) is 0 Å². The number of nitrogens with one attached hydrogen (secondary N) is 1. The molecule has 0 unspecified atom stereocenters. The average Bonchev–Trinajstić information content (AvgIpc) is 2.73. The van der Waals surface area contributed by atoms with Gasteiger partial charge in [-0.05, 0) is 30.2 Å². The number of amides is 1. The van der Waals surface area contributed by atoms with Crippen LogP contribution in [0.1, 0.15) is 19.4 Å². The Hall–Kier alpha value is -3.12. The fourth-order valence-corrected chi connectivity index (χ4v) is 2.55. The van der Waals surface area contributed by atoms with Gasteiger partial charge < -0.3 is 19.2 Å². The second kappa shape index (κ2) is 12.4. The largest absolute Gasteiger partial charge is 0.484 e. The number of methoxy groups -OCH3 is 1. The summed E-state index contributed by atoms with van der Waals surface area (Å²) in [6, 6.07) is 14.6. The normalized spacial score (nSPS) is 9.59. The van der Waals surface area contributed by atoms with Crippen molar-refractivity contribution < 1.29 is 18.7 Å². The van der Waals surface area contributed by atoms with Gasteiger partial charge in [0, 0.05) is 44.3 Å². The Labute approximate surface area is 171 Å². The van der Waals surface area contributed by atoms with Gasteiger partial charge in [-0.3, -0.25) is 4.79 Å². The van der Waals surface area contributed by atoms with Crippen LogP contribution >= 0.6 is 0 Å². The van der Waals surface area contributed by atoms with Crippen LogP contribution in [0.5, 0.6) is 5.75 Å². The van der Waals surface area contributed by atoms with Crippen LogP contribution in [0.25, 0.3) is 22.1 Å². The number of aryl methyl sites for hydroxylation is 1. The predicted molar refractivity (Wildman–Crippen MR) is 116 cm³/mol. The number of carbonyl (C=O) groups excluding carboxylic acids is 1. The summed E-state index contributed by atoms with van der Waals surface area (Å²) >= 11 is 0. The molecule has 3 rings (SSSR count). The van der Waals surface area contributed by atoms with Gasteiger partial charge in [-0.2, -0.15) is 0 Å². The Morgan fingerprint density at radius 2 is 1.69 bits per heavy atom. The minimum absolute atomic E-state index is 0.0935. The zero-order valence-electron chi connectivity index (χ0n) is 17.9. The van der Waals surface area contributed by atoms with Crippen LogP contribution in [-0.4, -0.2) is 33.8 Å². The van der Waals surface area contributed by atoms with Crippen LogP contribution in [-0.2, 0) is 9.53 Å². The van der Waals surface area contributed by atoms with Crippen LogP contribution < -0.4 is 15.7 Å². The third-order valence-corrected chi connectivity index (χ3v) is 3.80. The van der Waals surface area contributed by atoms with Gasteiger partial charge in [0.05, 0.1) is 0 Å². The molecule has 1 heterocycles. The molecule has 6 nitrogen and oxygen atoms in total. The summed E-state index contributed by atoms with van der Waals surface area (Å²) in [6.45, 7) is 5.90. The SMILES string of the molecule is CC.CNC(=O)COc1ccc2c(-c3ccccc3C)cc(=O)oc2c1.COC. The number of rotatable bonds is 4. The molecule has 0 saturated heterocycles. The van der Waals surface area contributed by atoms with Crippen molar-refractivity contribution in [2.45, 2.75) is 20.8 Å². The molecule has 0 saturated carbocycles. The molecule has 0 fully saturated rings. The van der Waals surface area contributed by atoms with E-state index in [0.29, 0.717) is 11.3 Å². The van der Waals surface area contributed by atoms with Gasteiger partial charge in [0.1, 0.15) is 11.3 Å². The van der Waals surface area contributed by atoms with Crippen molar-refractivity contribution in [3.05, 3.63) is 64.5 Å². The highest BCUT2D eigenvalue weighted by Crippen LogP contribution is 2.31. The lowest BCUT2D eigenvalue weighted by Crippen LogP contribution is -2.24. The molecular formula is C23H29NO5. The number of likely N-dealkylation sites (N-methyl/N-ethyl adjacent to an activating group) is 1. The second-order valence-electron chi connectivity index (χ2n) is 5.82. The van der Waals surface area contributed by atoms with Crippen LogP contribution in [0.2, 0.25) is 0 Å². The minimum Gasteiger partial charge on any atom is -0.484 e. The zero-order chi connectivity index (χ0) is 21.8. The van der Waals surface area contributed by atoms with Crippen LogP contribution in [0.4, 0.5) is 0 Å². The summed E-state index contributed by atoms with van der Waals surface area (Å²) in [4.78, 5) is 23.2. The van der Waals surface area contributed by atoms with Crippen molar-refractivity contribution in [1.29, 1.82) is 0 Å². The van der Waals surface area contributed by atoms with E-state index in [1.54, 1.807) is 33.4 Å². The summed E-state index contributed by atoms with van der Waals surface area (Å²) in [5.41, 5.74) is 2.87. The molecule has 3 aromatic rings. The van der Waals surface area contributed by atoms with Gasteiger partial charge in [0.25, 0.3) is 5.91 Å². The van der Waals surface area contributed by atoms with Gasteiger partial charge >= 0.3 is 5.63 Å². The molecule has 0 atom stereocenters. The fraction of sp³-hybridized carbons (Fsp3) is 0.304. The number of benzene rings is 2. The summed E-state index contributed by atoms with van der Waals surface area (Å²) in [5, 5.41) is 3.30. The molecule has 0 aliphatic rings. The van der Waals surface area contributed by atoms with Crippen molar-refractivity contribution in [3.63, 3.8) is 0 Å². The Kier molecular flexibility index (Phi) is 10.2. The smallest absolute Gasteiger partial charge is 0.336 e. The van der Waals surface area contributed by atoms with Gasteiger partial charge in [-0.25, -0.2) is 4.79 Å². The van der Waals surface area contributed by atoms with E-state index < -0.39 is 5.63 Å². The molecule has 0 spiro atoms. The molecule has 1 amide bonds. The first kappa shape index (κ1) is 23.9. The third-order valence-electron chi connectivity index (χ3n) is 3.80. The van der Waals surface area contributed by atoms with E-state index in [-0.39, 0.29) is 12.5 Å². The number of hydrogen-bond acceptors (Lipinski definition) is 5. The third kappa shape index (κ3) is 6.76. The second-order valence-corrected chi connectivity index (χ2v) is 5.82. The molecule has 6 heteroatoms. The van der Waals surface area contributed by atoms with Gasteiger partial charge in [0.15, 0.2) is 6.61 Å². The molecule has 1 aromatic heterocycles. The lowest BCUT2D eigenvalue weighted by Gasteiger charge is -2.10. The quantitative estimate of drug-likeness (QED) is 0.666. The molecule has 156 valence electrons. The summed E-state index contributed by atoms with van der Waals surface area (Å²) in [6.07, 6.45) is 0. The van der Waals surface area contributed by atoms with Crippen molar-refractivity contribution in [3.8, 4) is 16.9 Å².